The van der Waals surface area contributed by atoms with Gasteiger partial charge in [-0.1, -0.05) is 30.3 Å². The Morgan fingerprint density at radius 2 is 1.95 bits per heavy atom. The first kappa shape index (κ1) is 14.0. The second-order valence-corrected chi connectivity index (χ2v) is 4.84. The van der Waals surface area contributed by atoms with E-state index in [-0.39, 0.29) is 24.0 Å². The molecule has 5 nitrogen and oxygen atoms in total. The normalized spacial score (nSPS) is 10.6. The molecule has 0 atom stereocenters. The molecule has 0 aliphatic carbocycles. The zero-order valence-corrected chi connectivity index (χ0v) is 11.9. The Bertz CT molecular complexity index is 884. The number of aromatic nitrogens is 1. The fourth-order valence-corrected chi connectivity index (χ4v) is 2.14. The van der Waals surface area contributed by atoms with Crippen molar-refractivity contribution in [3.63, 3.8) is 0 Å². The summed E-state index contributed by atoms with van der Waals surface area (Å²) in [6, 6.07) is 14.4. The molecule has 0 bridgehead atoms. The molecule has 110 valence electrons. The standard InChI is InChI=1S/C17H13NO4/c1-11(19)10-21-15-8-7-13-14(12-5-3-2-4-6-12)9-16(20)22-17(13)18-15/h2-9H,10H2,1H3. The molecule has 0 saturated heterocycles. The average molecular weight is 295 g/mol. The molecule has 0 radical (unpaired) electrons. The van der Waals surface area contributed by atoms with Gasteiger partial charge in [-0.05, 0) is 18.6 Å². The molecule has 0 saturated carbocycles. The highest BCUT2D eigenvalue weighted by atomic mass is 16.5. The number of rotatable bonds is 4. The lowest BCUT2D eigenvalue weighted by atomic mass is 10.0. The van der Waals surface area contributed by atoms with E-state index in [1.165, 1.54) is 13.0 Å². The van der Waals surface area contributed by atoms with Gasteiger partial charge in [0, 0.05) is 23.1 Å². The predicted octanol–water partition coefficient (Wildman–Crippen LogP) is 2.82. The molecule has 0 fully saturated rings. The molecule has 0 unspecified atom stereocenters. The van der Waals surface area contributed by atoms with Crippen molar-refractivity contribution in [2.75, 3.05) is 6.61 Å². The van der Waals surface area contributed by atoms with Crippen molar-refractivity contribution in [3.05, 3.63) is 59.0 Å². The molecule has 3 rings (SSSR count). The molecule has 2 heterocycles. The van der Waals surface area contributed by atoms with Crippen molar-refractivity contribution in [3.8, 4) is 17.0 Å². The Balaban J connectivity index is 2.11. The Morgan fingerprint density at radius 3 is 2.68 bits per heavy atom. The lowest BCUT2D eigenvalue weighted by Crippen LogP contribution is -2.08. The van der Waals surface area contributed by atoms with E-state index in [1.807, 2.05) is 30.3 Å². The molecule has 0 N–H and O–H groups in total. The fourth-order valence-electron chi connectivity index (χ4n) is 2.14. The zero-order chi connectivity index (χ0) is 15.5. The molecule has 0 spiro atoms. The third-order valence-corrected chi connectivity index (χ3v) is 3.09. The van der Waals surface area contributed by atoms with E-state index in [0.29, 0.717) is 5.39 Å². The second kappa shape index (κ2) is 5.81. The number of hydrogen-bond donors (Lipinski definition) is 0. The number of ketones is 1. The van der Waals surface area contributed by atoms with Crippen LogP contribution < -0.4 is 10.4 Å². The predicted molar refractivity (Wildman–Crippen MR) is 81.9 cm³/mol. The largest absolute Gasteiger partial charge is 0.470 e. The fraction of sp³-hybridized carbons (Fsp3) is 0.118. The molecule has 0 amide bonds. The first-order chi connectivity index (χ1) is 10.6. The van der Waals surface area contributed by atoms with E-state index in [2.05, 4.69) is 4.98 Å². The van der Waals surface area contributed by atoms with Crippen LogP contribution in [0, 0.1) is 0 Å². The van der Waals surface area contributed by atoms with Crippen LogP contribution in [0.4, 0.5) is 0 Å². The molecule has 0 aliphatic rings. The molecule has 1 aromatic carbocycles. The van der Waals surface area contributed by atoms with Gasteiger partial charge in [0.1, 0.15) is 6.61 Å². The topological polar surface area (TPSA) is 69.4 Å². The summed E-state index contributed by atoms with van der Waals surface area (Å²) in [5.74, 6) is 0.137. The van der Waals surface area contributed by atoms with Crippen LogP contribution in [0.3, 0.4) is 0 Å². The van der Waals surface area contributed by atoms with Crippen LogP contribution in [0.2, 0.25) is 0 Å². The third-order valence-electron chi connectivity index (χ3n) is 3.09. The minimum Gasteiger partial charge on any atom is -0.470 e. The van der Waals surface area contributed by atoms with Gasteiger partial charge in [0.05, 0.1) is 0 Å². The average Bonchev–Trinajstić information content (AvgIpc) is 2.52. The van der Waals surface area contributed by atoms with Gasteiger partial charge in [0.2, 0.25) is 11.6 Å². The highest BCUT2D eigenvalue weighted by Crippen LogP contribution is 2.27. The van der Waals surface area contributed by atoms with Gasteiger partial charge in [-0.2, -0.15) is 4.98 Å². The number of carbonyl (C=O) groups excluding carboxylic acids is 1. The third kappa shape index (κ3) is 2.88. The number of pyridine rings is 1. The van der Waals surface area contributed by atoms with E-state index < -0.39 is 5.63 Å². The van der Waals surface area contributed by atoms with Gasteiger partial charge < -0.3 is 9.15 Å². The Hall–Kier alpha value is -2.95. The van der Waals surface area contributed by atoms with Crippen LogP contribution in [-0.4, -0.2) is 17.4 Å². The summed E-state index contributed by atoms with van der Waals surface area (Å²) < 4.78 is 10.4. The highest BCUT2D eigenvalue weighted by Gasteiger charge is 2.10. The number of hydrogen-bond acceptors (Lipinski definition) is 5. The van der Waals surface area contributed by atoms with Gasteiger partial charge >= 0.3 is 5.63 Å². The first-order valence-electron chi connectivity index (χ1n) is 6.76. The summed E-state index contributed by atoms with van der Waals surface area (Å²) in [5.41, 5.74) is 1.35. The lowest BCUT2D eigenvalue weighted by Gasteiger charge is -2.07. The van der Waals surface area contributed by atoms with Gasteiger partial charge in [0.15, 0.2) is 5.78 Å². The summed E-state index contributed by atoms with van der Waals surface area (Å²) in [6.07, 6.45) is 0. The Morgan fingerprint density at radius 1 is 1.18 bits per heavy atom. The summed E-state index contributed by atoms with van der Waals surface area (Å²) in [7, 11) is 0. The van der Waals surface area contributed by atoms with Crippen molar-refractivity contribution < 1.29 is 13.9 Å². The summed E-state index contributed by atoms with van der Waals surface area (Å²) in [4.78, 5) is 26.9. The van der Waals surface area contributed by atoms with E-state index in [4.69, 9.17) is 9.15 Å². The molecule has 3 aromatic rings. The van der Waals surface area contributed by atoms with Crippen molar-refractivity contribution in [2.24, 2.45) is 0 Å². The smallest absolute Gasteiger partial charge is 0.338 e. The maximum absolute atomic E-state index is 11.8. The summed E-state index contributed by atoms with van der Waals surface area (Å²) >= 11 is 0. The minimum absolute atomic E-state index is 0.0683. The lowest BCUT2D eigenvalue weighted by molar-refractivity contribution is -0.119. The van der Waals surface area contributed by atoms with E-state index in [1.54, 1.807) is 12.1 Å². The molecule has 22 heavy (non-hydrogen) atoms. The van der Waals surface area contributed by atoms with Crippen LogP contribution in [-0.2, 0) is 4.79 Å². The summed E-state index contributed by atoms with van der Waals surface area (Å²) in [6.45, 7) is 1.36. The number of fused-ring (bicyclic) bond motifs is 1. The van der Waals surface area contributed by atoms with Crippen molar-refractivity contribution in [1.82, 2.24) is 4.98 Å². The van der Waals surface area contributed by atoms with Gasteiger partial charge in [0.25, 0.3) is 0 Å². The van der Waals surface area contributed by atoms with Crippen molar-refractivity contribution >= 4 is 16.9 Å². The van der Waals surface area contributed by atoms with Gasteiger partial charge in [-0.15, -0.1) is 0 Å². The Kier molecular flexibility index (Phi) is 3.70. The zero-order valence-electron chi connectivity index (χ0n) is 11.9. The highest BCUT2D eigenvalue weighted by molar-refractivity contribution is 5.91. The van der Waals surface area contributed by atoms with Crippen LogP contribution >= 0.6 is 0 Å². The molecule has 2 aromatic heterocycles. The van der Waals surface area contributed by atoms with Crippen LogP contribution in [0.1, 0.15) is 6.92 Å². The van der Waals surface area contributed by atoms with Crippen LogP contribution in [0.25, 0.3) is 22.2 Å². The maximum atomic E-state index is 11.8. The molecule has 0 aliphatic heterocycles. The van der Waals surface area contributed by atoms with E-state index >= 15 is 0 Å². The minimum atomic E-state index is -0.484. The Labute approximate surface area is 126 Å². The molecule has 5 heteroatoms. The number of carbonyl (C=O) groups is 1. The summed E-state index contributed by atoms with van der Waals surface area (Å²) in [5, 5.41) is 0.709. The molecular weight excluding hydrogens is 282 g/mol. The van der Waals surface area contributed by atoms with E-state index in [9.17, 15) is 9.59 Å². The van der Waals surface area contributed by atoms with Crippen LogP contribution in [0.15, 0.2) is 57.7 Å². The number of nitrogens with zero attached hydrogens (tertiary/aromatic N) is 1. The van der Waals surface area contributed by atoms with Crippen molar-refractivity contribution in [1.29, 1.82) is 0 Å². The van der Waals surface area contributed by atoms with Crippen molar-refractivity contribution in [2.45, 2.75) is 6.92 Å². The van der Waals surface area contributed by atoms with Crippen LogP contribution in [0.5, 0.6) is 5.88 Å². The number of Topliss-reactive ketones (excluding diaryl/α,β-unsaturated/α-hetero) is 1. The number of benzene rings is 1. The van der Waals surface area contributed by atoms with E-state index in [0.717, 1.165) is 11.1 Å². The monoisotopic (exact) mass is 295 g/mol. The van der Waals surface area contributed by atoms with Gasteiger partial charge in [-0.3, -0.25) is 4.79 Å². The number of ether oxygens (including phenoxy) is 1. The maximum Gasteiger partial charge on any atom is 0.338 e. The SMILES string of the molecule is CC(=O)COc1ccc2c(-c3ccccc3)cc(=O)oc2n1. The first-order valence-corrected chi connectivity index (χ1v) is 6.76. The second-order valence-electron chi connectivity index (χ2n) is 4.84. The quantitative estimate of drug-likeness (QED) is 0.740. The van der Waals surface area contributed by atoms with Gasteiger partial charge in [-0.25, -0.2) is 4.79 Å². The molecular formula is C17H13NO4.